The Bertz CT molecular complexity index is 640. The Morgan fingerprint density at radius 3 is 2.18 bits per heavy atom. The van der Waals surface area contributed by atoms with Gasteiger partial charge < -0.3 is 18.9 Å². The molecule has 0 aliphatic carbocycles. The van der Waals surface area contributed by atoms with Crippen molar-refractivity contribution in [2.75, 3.05) is 14.2 Å². The second-order valence-corrected chi connectivity index (χ2v) is 6.14. The second-order valence-electron chi connectivity index (χ2n) is 4.98. The van der Waals surface area contributed by atoms with Crippen molar-refractivity contribution in [2.45, 2.75) is 19.6 Å². The molecule has 0 saturated carbocycles. The Balaban J connectivity index is 2.43. The molecule has 0 N–H and O–H groups in total. The molecule has 0 unspecified atom stereocenters. The predicted molar refractivity (Wildman–Crippen MR) is 86.5 cm³/mol. The highest BCUT2D eigenvalue weighted by Gasteiger charge is 2.38. The highest BCUT2D eigenvalue weighted by Crippen LogP contribution is 2.34. The van der Waals surface area contributed by atoms with Crippen molar-refractivity contribution in [2.24, 2.45) is 0 Å². The number of rotatable bonds is 3. The Labute approximate surface area is 141 Å². The van der Waals surface area contributed by atoms with E-state index in [2.05, 4.69) is 22.6 Å². The lowest BCUT2D eigenvalue weighted by Gasteiger charge is -2.29. The van der Waals surface area contributed by atoms with Crippen LogP contribution in [0.2, 0.25) is 0 Å². The third kappa shape index (κ3) is 3.34. The van der Waals surface area contributed by atoms with E-state index in [1.54, 1.807) is 12.1 Å². The lowest BCUT2D eigenvalue weighted by molar-refractivity contribution is -0.222. The minimum atomic E-state index is -1.25. The molecule has 1 saturated heterocycles. The molecule has 1 aliphatic rings. The maximum Gasteiger partial charge on any atom is 0.348 e. The number of methoxy groups -OCH3 is 2. The standard InChI is InChI=1S/C15H15IO6/c1-15(2)21-13(17)9(14(18)22-15)5-8-6-10(16)12(20-4)11(7-8)19-3/h5-7H,1-4H3. The summed E-state index contributed by atoms with van der Waals surface area (Å²) in [4.78, 5) is 23.9. The lowest BCUT2D eigenvalue weighted by atomic mass is 10.1. The van der Waals surface area contributed by atoms with E-state index in [9.17, 15) is 9.59 Å². The molecule has 7 heteroatoms. The summed E-state index contributed by atoms with van der Waals surface area (Å²) in [7, 11) is 3.05. The molecule has 6 nitrogen and oxygen atoms in total. The predicted octanol–water partition coefficient (Wildman–Crippen LogP) is 2.53. The number of ether oxygens (including phenoxy) is 4. The first-order chi connectivity index (χ1) is 10.3. The maximum absolute atomic E-state index is 11.9. The molecular weight excluding hydrogens is 403 g/mol. The number of esters is 2. The maximum atomic E-state index is 11.9. The largest absolute Gasteiger partial charge is 0.493 e. The quantitative estimate of drug-likeness (QED) is 0.325. The fraction of sp³-hybridized carbons (Fsp3) is 0.333. The number of carbonyl (C=O) groups is 2. The summed E-state index contributed by atoms with van der Waals surface area (Å²) in [6.45, 7) is 3.00. The van der Waals surface area contributed by atoms with Crippen LogP contribution in [0.5, 0.6) is 11.5 Å². The smallest absolute Gasteiger partial charge is 0.348 e. The van der Waals surface area contributed by atoms with Gasteiger partial charge in [0.05, 0.1) is 17.8 Å². The third-order valence-corrected chi connectivity index (χ3v) is 3.68. The van der Waals surface area contributed by atoms with Crippen LogP contribution in [0.4, 0.5) is 0 Å². The zero-order chi connectivity index (χ0) is 16.5. The second kappa shape index (κ2) is 6.15. The van der Waals surface area contributed by atoms with Gasteiger partial charge in [0, 0.05) is 13.8 Å². The van der Waals surface area contributed by atoms with Gasteiger partial charge in [-0.05, 0) is 46.4 Å². The van der Waals surface area contributed by atoms with Crippen LogP contribution in [-0.2, 0) is 19.1 Å². The molecule has 1 aromatic carbocycles. The average Bonchev–Trinajstić information content (AvgIpc) is 2.41. The van der Waals surface area contributed by atoms with E-state index >= 15 is 0 Å². The lowest BCUT2D eigenvalue weighted by Crippen LogP contribution is -2.41. The van der Waals surface area contributed by atoms with Crippen molar-refractivity contribution in [3.8, 4) is 11.5 Å². The fourth-order valence-corrected chi connectivity index (χ4v) is 2.81. The Morgan fingerprint density at radius 2 is 1.68 bits per heavy atom. The summed E-state index contributed by atoms with van der Waals surface area (Å²) in [5.41, 5.74) is 0.438. The van der Waals surface area contributed by atoms with Gasteiger partial charge in [0.1, 0.15) is 5.57 Å². The van der Waals surface area contributed by atoms with E-state index in [0.717, 1.165) is 3.57 Å². The minimum absolute atomic E-state index is 0.164. The zero-order valence-electron chi connectivity index (χ0n) is 12.6. The van der Waals surface area contributed by atoms with Crippen LogP contribution >= 0.6 is 22.6 Å². The summed E-state index contributed by atoms with van der Waals surface area (Å²) < 4.78 is 21.4. The van der Waals surface area contributed by atoms with E-state index in [1.807, 2.05) is 0 Å². The van der Waals surface area contributed by atoms with Crippen molar-refractivity contribution in [1.82, 2.24) is 0 Å². The monoisotopic (exact) mass is 418 g/mol. The first kappa shape index (κ1) is 16.6. The molecule has 1 aliphatic heterocycles. The van der Waals surface area contributed by atoms with Crippen LogP contribution in [0.1, 0.15) is 19.4 Å². The molecule has 0 bridgehead atoms. The molecule has 1 aromatic rings. The molecule has 118 valence electrons. The van der Waals surface area contributed by atoms with Gasteiger partial charge in [0.15, 0.2) is 11.5 Å². The fourth-order valence-electron chi connectivity index (χ4n) is 1.97. The SMILES string of the molecule is COc1cc(C=C2C(=O)OC(C)(C)OC2=O)cc(I)c1OC. The Hall–Kier alpha value is -1.77. The van der Waals surface area contributed by atoms with Gasteiger partial charge >= 0.3 is 11.9 Å². The topological polar surface area (TPSA) is 71.1 Å². The van der Waals surface area contributed by atoms with Crippen LogP contribution < -0.4 is 9.47 Å². The molecule has 0 amide bonds. The van der Waals surface area contributed by atoms with Gasteiger partial charge in [-0.3, -0.25) is 0 Å². The molecule has 2 rings (SSSR count). The first-order valence-corrected chi connectivity index (χ1v) is 7.45. The van der Waals surface area contributed by atoms with E-state index in [4.69, 9.17) is 18.9 Å². The normalized spacial score (nSPS) is 16.7. The van der Waals surface area contributed by atoms with E-state index < -0.39 is 17.7 Å². The van der Waals surface area contributed by atoms with Crippen LogP contribution in [0.25, 0.3) is 6.08 Å². The highest BCUT2D eigenvalue weighted by molar-refractivity contribution is 14.1. The number of hydrogen-bond acceptors (Lipinski definition) is 6. The number of hydrogen-bond donors (Lipinski definition) is 0. The summed E-state index contributed by atoms with van der Waals surface area (Å²) >= 11 is 2.08. The van der Waals surface area contributed by atoms with Crippen LogP contribution in [0, 0.1) is 3.57 Å². The summed E-state index contributed by atoms with van der Waals surface area (Å²) in [5.74, 6) is -1.60. The minimum Gasteiger partial charge on any atom is -0.493 e. The molecule has 0 aromatic heterocycles. The zero-order valence-corrected chi connectivity index (χ0v) is 14.7. The highest BCUT2D eigenvalue weighted by atomic mass is 127. The van der Waals surface area contributed by atoms with E-state index in [-0.39, 0.29) is 5.57 Å². The van der Waals surface area contributed by atoms with Gasteiger partial charge in [-0.25, -0.2) is 9.59 Å². The molecule has 0 spiro atoms. The number of benzene rings is 1. The Morgan fingerprint density at radius 1 is 1.09 bits per heavy atom. The summed E-state index contributed by atoms with van der Waals surface area (Å²) in [5, 5.41) is 0. The third-order valence-electron chi connectivity index (χ3n) is 2.88. The van der Waals surface area contributed by atoms with Crippen LogP contribution in [-0.4, -0.2) is 31.9 Å². The van der Waals surface area contributed by atoms with E-state index in [0.29, 0.717) is 17.1 Å². The van der Waals surface area contributed by atoms with Crippen LogP contribution in [0.15, 0.2) is 17.7 Å². The van der Waals surface area contributed by atoms with Crippen molar-refractivity contribution in [1.29, 1.82) is 0 Å². The van der Waals surface area contributed by atoms with Gasteiger partial charge in [0.25, 0.3) is 5.79 Å². The van der Waals surface area contributed by atoms with Crippen molar-refractivity contribution in [3.05, 3.63) is 26.8 Å². The first-order valence-electron chi connectivity index (χ1n) is 6.37. The number of halogens is 1. The van der Waals surface area contributed by atoms with Crippen molar-refractivity contribution in [3.63, 3.8) is 0 Å². The number of cyclic esters (lactones) is 2. The molecular formula is C15H15IO6. The average molecular weight is 418 g/mol. The van der Waals surface area contributed by atoms with Gasteiger partial charge in [-0.1, -0.05) is 0 Å². The summed E-state index contributed by atoms with van der Waals surface area (Å²) in [6.07, 6.45) is 1.41. The van der Waals surface area contributed by atoms with Gasteiger partial charge in [-0.2, -0.15) is 0 Å². The summed E-state index contributed by atoms with van der Waals surface area (Å²) in [6, 6.07) is 3.42. The van der Waals surface area contributed by atoms with Gasteiger partial charge in [-0.15, -0.1) is 0 Å². The molecule has 22 heavy (non-hydrogen) atoms. The molecule has 1 fully saturated rings. The number of carbonyl (C=O) groups excluding carboxylic acids is 2. The molecule has 0 atom stereocenters. The van der Waals surface area contributed by atoms with Crippen molar-refractivity contribution < 1.29 is 28.5 Å². The Kier molecular flexibility index (Phi) is 4.64. The van der Waals surface area contributed by atoms with Gasteiger partial charge in [0.2, 0.25) is 0 Å². The molecule has 1 heterocycles. The van der Waals surface area contributed by atoms with E-state index in [1.165, 1.54) is 34.1 Å². The molecule has 0 radical (unpaired) electrons. The van der Waals surface area contributed by atoms with Crippen molar-refractivity contribution >= 4 is 40.6 Å². The van der Waals surface area contributed by atoms with Crippen LogP contribution in [0.3, 0.4) is 0 Å².